The molecule has 0 bridgehead atoms. The molecule has 0 unspecified atom stereocenters. The van der Waals surface area contributed by atoms with Crippen LogP contribution in [0.15, 0.2) is 40.9 Å². The highest BCUT2D eigenvalue weighted by Gasteiger charge is 2.41. The number of ether oxygens (including phenoxy) is 1. The van der Waals surface area contributed by atoms with E-state index >= 15 is 0 Å². The molecule has 10 nitrogen and oxygen atoms in total. The van der Waals surface area contributed by atoms with E-state index in [1.165, 1.54) is 12.1 Å². The first-order chi connectivity index (χ1) is 14.9. The number of rotatable bonds is 5. The van der Waals surface area contributed by atoms with Gasteiger partial charge in [0, 0.05) is 23.6 Å². The highest BCUT2D eigenvalue weighted by molar-refractivity contribution is 9.10. The van der Waals surface area contributed by atoms with Crippen LogP contribution < -0.4 is 10.2 Å². The minimum Gasteiger partial charge on any atom is -0.378 e. The molecule has 0 atom stereocenters. The number of carbonyl (C=O) groups is 3. The summed E-state index contributed by atoms with van der Waals surface area (Å²) in [7, 11) is 0. The van der Waals surface area contributed by atoms with Crippen molar-refractivity contribution in [2.24, 2.45) is 0 Å². The molecule has 2 aromatic rings. The van der Waals surface area contributed by atoms with E-state index in [-0.39, 0.29) is 11.1 Å². The highest BCUT2D eigenvalue weighted by atomic mass is 79.9. The summed E-state index contributed by atoms with van der Waals surface area (Å²) in [6.07, 6.45) is 0. The molecule has 2 aliphatic heterocycles. The van der Waals surface area contributed by atoms with Gasteiger partial charge in [0.05, 0.1) is 35.1 Å². The molecule has 31 heavy (non-hydrogen) atoms. The van der Waals surface area contributed by atoms with Crippen molar-refractivity contribution in [2.75, 3.05) is 43.1 Å². The fourth-order valence-electron chi connectivity index (χ4n) is 3.63. The summed E-state index contributed by atoms with van der Waals surface area (Å²) in [4.78, 5) is 51.3. The maximum atomic E-state index is 12.7. The van der Waals surface area contributed by atoms with Gasteiger partial charge in [0.25, 0.3) is 17.5 Å². The number of nitrogens with zero attached hydrogens (tertiary/aromatic N) is 3. The first-order valence-electron chi connectivity index (χ1n) is 9.42. The Morgan fingerprint density at radius 1 is 1.16 bits per heavy atom. The Morgan fingerprint density at radius 3 is 2.61 bits per heavy atom. The van der Waals surface area contributed by atoms with Gasteiger partial charge in [-0.15, -0.1) is 0 Å². The van der Waals surface area contributed by atoms with Crippen LogP contribution in [0.1, 0.15) is 20.7 Å². The van der Waals surface area contributed by atoms with Gasteiger partial charge in [-0.05, 0) is 24.3 Å². The third-order valence-corrected chi connectivity index (χ3v) is 5.55. The molecule has 3 amide bonds. The van der Waals surface area contributed by atoms with Crippen molar-refractivity contribution >= 4 is 50.7 Å². The quantitative estimate of drug-likeness (QED) is 0.389. The first kappa shape index (κ1) is 20.9. The molecule has 0 aromatic heterocycles. The van der Waals surface area contributed by atoms with Crippen molar-refractivity contribution in [1.29, 1.82) is 0 Å². The third-order valence-electron chi connectivity index (χ3n) is 5.06. The minimum absolute atomic E-state index is 0.0801. The Balaban J connectivity index is 1.54. The summed E-state index contributed by atoms with van der Waals surface area (Å²) >= 11 is 3.38. The molecule has 4 rings (SSSR count). The van der Waals surface area contributed by atoms with E-state index in [0.717, 1.165) is 21.1 Å². The molecule has 11 heteroatoms. The largest absolute Gasteiger partial charge is 0.378 e. The van der Waals surface area contributed by atoms with E-state index in [2.05, 4.69) is 26.1 Å². The summed E-state index contributed by atoms with van der Waals surface area (Å²) < 4.78 is 6.11. The van der Waals surface area contributed by atoms with Crippen LogP contribution in [0.2, 0.25) is 0 Å². The lowest BCUT2D eigenvalue weighted by atomic mass is 10.1. The lowest BCUT2D eigenvalue weighted by Gasteiger charge is -2.30. The second kappa shape index (κ2) is 8.44. The van der Waals surface area contributed by atoms with E-state index in [1.54, 1.807) is 6.07 Å². The number of fused-ring (bicyclic) bond motifs is 1. The standard InChI is InChI=1S/C20H17BrN4O6/c21-12-4-5-15(23-6-8-31-9-7-23)14(10-12)22-17(26)11-24-19(27)13-2-1-3-16(25(29)30)18(13)20(24)28/h1-5,10H,6-9,11H2,(H,22,26). The first-order valence-corrected chi connectivity index (χ1v) is 10.2. The Labute approximate surface area is 185 Å². The van der Waals surface area contributed by atoms with Crippen LogP contribution in [-0.4, -0.2) is 60.4 Å². The number of carbonyl (C=O) groups excluding carboxylic acids is 3. The van der Waals surface area contributed by atoms with Gasteiger partial charge in [-0.2, -0.15) is 0 Å². The lowest BCUT2D eigenvalue weighted by molar-refractivity contribution is -0.385. The Kier molecular flexibility index (Phi) is 5.70. The Bertz CT molecular complexity index is 1100. The molecule has 0 aliphatic carbocycles. The van der Waals surface area contributed by atoms with Crippen molar-refractivity contribution in [3.05, 3.63) is 62.1 Å². The summed E-state index contributed by atoms with van der Waals surface area (Å²) in [6.45, 7) is 1.90. The van der Waals surface area contributed by atoms with Gasteiger partial charge in [0.2, 0.25) is 5.91 Å². The van der Waals surface area contributed by atoms with Crippen molar-refractivity contribution in [1.82, 2.24) is 4.90 Å². The van der Waals surface area contributed by atoms with Crippen molar-refractivity contribution in [2.45, 2.75) is 0 Å². The van der Waals surface area contributed by atoms with Crippen LogP contribution in [0.5, 0.6) is 0 Å². The molecule has 1 fully saturated rings. The fraction of sp³-hybridized carbons (Fsp3) is 0.250. The minimum atomic E-state index is -0.856. The zero-order chi connectivity index (χ0) is 22.1. The molecule has 0 spiro atoms. The number of halogens is 1. The van der Waals surface area contributed by atoms with E-state index in [9.17, 15) is 24.5 Å². The molecule has 0 radical (unpaired) electrons. The second-order valence-corrected chi connectivity index (χ2v) is 7.88. The maximum absolute atomic E-state index is 12.7. The van der Waals surface area contributed by atoms with Crippen LogP contribution >= 0.6 is 15.9 Å². The molecule has 160 valence electrons. The summed E-state index contributed by atoms with van der Waals surface area (Å²) in [6, 6.07) is 9.27. The number of nitro groups is 1. The average molecular weight is 489 g/mol. The SMILES string of the molecule is O=C(CN1C(=O)c2cccc([N+](=O)[O-])c2C1=O)Nc1cc(Br)ccc1N1CCOCC1. The Morgan fingerprint density at radius 2 is 1.90 bits per heavy atom. The van der Waals surface area contributed by atoms with E-state index in [1.807, 2.05) is 12.1 Å². The van der Waals surface area contributed by atoms with Gasteiger partial charge in [0.1, 0.15) is 12.1 Å². The number of anilines is 2. The summed E-state index contributed by atoms with van der Waals surface area (Å²) in [5, 5.41) is 14.0. The molecule has 0 saturated carbocycles. The van der Waals surface area contributed by atoms with Gasteiger partial charge in [0.15, 0.2) is 0 Å². The molecular weight excluding hydrogens is 472 g/mol. The predicted octanol–water partition coefficient (Wildman–Crippen LogP) is 2.43. The van der Waals surface area contributed by atoms with Crippen molar-refractivity contribution in [3.63, 3.8) is 0 Å². The summed E-state index contributed by atoms with van der Waals surface area (Å²) in [5.74, 6) is -2.18. The van der Waals surface area contributed by atoms with Gasteiger partial charge >= 0.3 is 0 Å². The number of imide groups is 1. The molecule has 1 saturated heterocycles. The smallest absolute Gasteiger partial charge is 0.282 e. The Hall–Kier alpha value is -3.31. The van der Waals surface area contributed by atoms with Gasteiger partial charge in [-0.3, -0.25) is 29.4 Å². The van der Waals surface area contributed by atoms with E-state index < -0.39 is 34.9 Å². The molecular formula is C20H17BrN4O6. The highest BCUT2D eigenvalue weighted by Crippen LogP contribution is 2.32. The van der Waals surface area contributed by atoms with Crippen molar-refractivity contribution in [3.8, 4) is 0 Å². The number of hydrogen-bond donors (Lipinski definition) is 1. The lowest BCUT2D eigenvalue weighted by Crippen LogP contribution is -2.39. The number of amides is 3. The molecule has 1 N–H and O–H groups in total. The monoisotopic (exact) mass is 488 g/mol. The number of hydrogen-bond acceptors (Lipinski definition) is 7. The van der Waals surface area contributed by atoms with Crippen LogP contribution in [0.4, 0.5) is 17.1 Å². The number of nitrogens with one attached hydrogen (secondary N) is 1. The van der Waals surface area contributed by atoms with Gasteiger partial charge in [-0.1, -0.05) is 22.0 Å². The molecule has 2 heterocycles. The topological polar surface area (TPSA) is 122 Å². The zero-order valence-electron chi connectivity index (χ0n) is 16.2. The molecule has 2 aliphatic rings. The normalized spacial score (nSPS) is 15.8. The van der Waals surface area contributed by atoms with Gasteiger partial charge < -0.3 is 15.0 Å². The van der Waals surface area contributed by atoms with Gasteiger partial charge in [-0.25, -0.2) is 0 Å². The van der Waals surface area contributed by atoms with Crippen LogP contribution in [-0.2, 0) is 9.53 Å². The van der Waals surface area contributed by atoms with E-state index in [0.29, 0.717) is 32.0 Å². The number of morpholine rings is 1. The van der Waals surface area contributed by atoms with Crippen molar-refractivity contribution < 1.29 is 24.0 Å². The number of nitro benzene ring substituents is 1. The molecule has 2 aromatic carbocycles. The van der Waals surface area contributed by atoms with Crippen LogP contribution in [0, 0.1) is 10.1 Å². The van der Waals surface area contributed by atoms with Crippen LogP contribution in [0.25, 0.3) is 0 Å². The average Bonchev–Trinajstić information content (AvgIpc) is 2.99. The fourth-order valence-corrected chi connectivity index (χ4v) is 3.99. The predicted molar refractivity (Wildman–Crippen MR) is 114 cm³/mol. The maximum Gasteiger partial charge on any atom is 0.282 e. The second-order valence-electron chi connectivity index (χ2n) is 6.96. The number of benzene rings is 2. The summed E-state index contributed by atoms with van der Waals surface area (Å²) in [5.41, 5.74) is 0.479. The third kappa shape index (κ3) is 4.01. The van der Waals surface area contributed by atoms with Crippen LogP contribution in [0.3, 0.4) is 0 Å². The zero-order valence-corrected chi connectivity index (χ0v) is 17.8. The van der Waals surface area contributed by atoms with E-state index in [4.69, 9.17) is 4.74 Å².